The van der Waals surface area contributed by atoms with Gasteiger partial charge in [-0.2, -0.15) is 0 Å². The van der Waals surface area contributed by atoms with Gasteiger partial charge in [0.15, 0.2) is 0 Å². The molecule has 3 aromatic rings. The number of halogens is 1. The summed E-state index contributed by atoms with van der Waals surface area (Å²) in [4.78, 5) is 12.6. The van der Waals surface area contributed by atoms with Crippen LogP contribution in [0.3, 0.4) is 0 Å². The lowest BCUT2D eigenvalue weighted by molar-refractivity contribution is 0.101. The van der Waals surface area contributed by atoms with Crippen molar-refractivity contribution >= 4 is 23.2 Å². The number of carbonyl (C=O) groups excluding carboxylic acids is 1. The fourth-order valence-electron chi connectivity index (χ4n) is 2.72. The highest BCUT2D eigenvalue weighted by molar-refractivity contribution is 6.30. The Bertz CT molecular complexity index is 911. The van der Waals surface area contributed by atoms with Crippen molar-refractivity contribution in [1.29, 1.82) is 0 Å². The first kappa shape index (κ1) is 19.9. The molecule has 0 radical (unpaired) electrons. The van der Waals surface area contributed by atoms with Crippen molar-refractivity contribution < 1.29 is 14.3 Å². The normalized spacial score (nSPS) is 10.5. The average Bonchev–Trinajstić information content (AvgIpc) is 2.72. The van der Waals surface area contributed by atoms with E-state index in [0.29, 0.717) is 36.1 Å². The Morgan fingerprint density at radius 1 is 0.964 bits per heavy atom. The minimum absolute atomic E-state index is 0.199. The summed E-state index contributed by atoms with van der Waals surface area (Å²) in [7, 11) is 0. The maximum absolute atomic E-state index is 12.6. The molecule has 1 N–H and O–H groups in total. The Hall–Kier alpha value is -2.82. The second-order valence-electron chi connectivity index (χ2n) is 6.19. The molecule has 144 valence electrons. The number of nitrogens with one attached hydrogen (secondary N) is 1. The molecule has 1 amide bonds. The van der Waals surface area contributed by atoms with Gasteiger partial charge in [0.25, 0.3) is 5.91 Å². The van der Waals surface area contributed by atoms with Crippen LogP contribution in [-0.4, -0.2) is 12.5 Å². The number of anilines is 1. The van der Waals surface area contributed by atoms with Crippen LogP contribution in [0.15, 0.2) is 72.8 Å². The molecule has 0 aliphatic heterocycles. The topological polar surface area (TPSA) is 47.6 Å². The Kier molecular flexibility index (Phi) is 7.06. The predicted molar refractivity (Wildman–Crippen MR) is 112 cm³/mol. The SMILES string of the molecule is CCOc1ccc(C(=O)Nc2ccc(Cl)cc2)cc1COCc1ccccc1. The number of ether oxygens (including phenoxy) is 2. The summed E-state index contributed by atoms with van der Waals surface area (Å²) >= 11 is 5.89. The van der Waals surface area contributed by atoms with Crippen molar-refractivity contribution in [3.8, 4) is 5.75 Å². The van der Waals surface area contributed by atoms with E-state index in [9.17, 15) is 4.79 Å². The lowest BCUT2D eigenvalue weighted by Crippen LogP contribution is -2.12. The lowest BCUT2D eigenvalue weighted by Gasteiger charge is -2.13. The van der Waals surface area contributed by atoms with Crippen molar-refractivity contribution in [2.45, 2.75) is 20.1 Å². The van der Waals surface area contributed by atoms with Crippen molar-refractivity contribution in [2.24, 2.45) is 0 Å². The molecule has 0 saturated heterocycles. The van der Waals surface area contributed by atoms with Crippen LogP contribution in [0.4, 0.5) is 5.69 Å². The van der Waals surface area contributed by atoms with E-state index < -0.39 is 0 Å². The molecule has 0 aliphatic rings. The van der Waals surface area contributed by atoms with Crippen LogP contribution in [0, 0.1) is 0 Å². The summed E-state index contributed by atoms with van der Waals surface area (Å²) in [5.74, 6) is 0.522. The highest BCUT2D eigenvalue weighted by atomic mass is 35.5. The van der Waals surface area contributed by atoms with Crippen molar-refractivity contribution in [2.75, 3.05) is 11.9 Å². The molecule has 0 atom stereocenters. The van der Waals surface area contributed by atoms with Crippen LogP contribution >= 0.6 is 11.6 Å². The number of amides is 1. The summed E-state index contributed by atoms with van der Waals surface area (Å²) in [5, 5.41) is 3.49. The number of hydrogen-bond donors (Lipinski definition) is 1. The monoisotopic (exact) mass is 395 g/mol. The first-order valence-corrected chi connectivity index (χ1v) is 9.48. The minimum Gasteiger partial charge on any atom is -0.494 e. The van der Waals surface area contributed by atoms with Gasteiger partial charge in [0.2, 0.25) is 0 Å². The van der Waals surface area contributed by atoms with E-state index in [-0.39, 0.29) is 5.91 Å². The van der Waals surface area contributed by atoms with E-state index in [1.165, 1.54) is 0 Å². The average molecular weight is 396 g/mol. The minimum atomic E-state index is -0.199. The molecule has 0 unspecified atom stereocenters. The number of rotatable bonds is 8. The van der Waals surface area contributed by atoms with Gasteiger partial charge < -0.3 is 14.8 Å². The smallest absolute Gasteiger partial charge is 0.255 e. The number of carbonyl (C=O) groups is 1. The van der Waals surface area contributed by atoms with E-state index in [0.717, 1.165) is 16.9 Å². The van der Waals surface area contributed by atoms with Crippen molar-refractivity contribution in [3.63, 3.8) is 0 Å². The number of hydrogen-bond acceptors (Lipinski definition) is 3. The molecular formula is C23H22ClNO3. The molecule has 0 fully saturated rings. The zero-order valence-electron chi connectivity index (χ0n) is 15.7. The van der Waals surface area contributed by atoms with Crippen LogP contribution in [0.5, 0.6) is 5.75 Å². The standard InChI is InChI=1S/C23H22ClNO3/c1-2-28-22-13-8-18(23(26)25-21-11-9-20(24)10-12-21)14-19(22)16-27-15-17-6-4-3-5-7-17/h3-14H,2,15-16H2,1H3,(H,25,26). The molecule has 0 aliphatic carbocycles. The molecule has 0 heterocycles. The van der Waals surface area contributed by atoms with E-state index >= 15 is 0 Å². The maximum Gasteiger partial charge on any atom is 0.255 e. The highest BCUT2D eigenvalue weighted by Gasteiger charge is 2.11. The fraction of sp³-hybridized carbons (Fsp3) is 0.174. The van der Waals surface area contributed by atoms with Gasteiger partial charge in [-0.15, -0.1) is 0 Å². The van der Waals surface area contributed by atoms with Crippen LogP contribution in [-0.2, 0) is 18.0 Å². The molecular weight excluding hydrogens is 374 g/mol. The fourth-order valence-corrected chi connectivity index (χ4v) is 2.85. The molecule has 0 aromatic heterocycles. The first-order chi connectivity index (χ1) is 13.7. The van der Waals surface area contributed by atoms with E-state index in [1.54, 1.807) is 36.4 Å². The van der Waals surface area contributed by atoms with Gasteiger partial charge in [0.05, 0.1) is 19.8 Å². The Morgan fingerprint density at radius 3 is 2.43 bits per heavy atom. The van der Waals surface area contributed by atoms with Crippen LogP contribution in [0.25, 0.3) is 0 Å². The van der Waals surface area contributed by atoms with Gasteiger partial charge >= 0.3 is 0 Å². The molecule has 28 heavy (non-hydrogen) atoms. The van der Waals surface area contributed by atoms with Gasteiger partial charge in [-0.1, -0.05) is 41.9 Å². The second-order valence-corrected chi connectivity index (χ2v) is 6.63. The summed E-state index contributed by atoms with van der Waals surface area (Å²) in [6, 6.07) is 22.3. The zero-order valence-corrected chi connectivity index (χ0v) is 16.4. The lowest BCUT2D eigenvalue weighted by atomic mass is 10.1. The van der Waals surface area contributed by atoms with Crippen LogP contribution in [0.1, 0.15) is 28.4 Å². The van der Waals surface area contributed by atoms with Gasteiger partial charge in [-0.05, 0) is 55.0 Å². The third-order valence-corrected chi connectivity index (χ3v) is 4.35. The molecule has 5 heteroatoms. The second kappa shape index (κ2) is 9.93. The molecule has 4 nitrogen and oxygen atoms in total. The summed E-state index contributed by atoms with van der Waals surface area (Å²) in [6.07, 6.45) is 0. The van der Waals surface area contributed by atoms with E-state index in [2.05, 4.69) is 5.32 Å². The molecule has 3 aromatic carbocycles. The quantitative estimate of drug-likeness (QED) is 0.531. The molecule has 0 spiro atoms. The van der Waals surface area contributed by atoms with Gasteiger partial charge in [0, 0.05) is 21.8 Å². The Balaban J connectivity index is 1.70. The summed E-state index contributed by atoms with van der Waals surface area (Å²) in [6.45, 7) is 3.32. The largest absolute Gasteiger partial charge is 0.494 e. The molecule has 0 bridgehead atoms. The van der Waals surface area contributed by atoms with Crippen LogP contribution in [0.2, 0.25) is 5.02 Å². The third kappa shape index (κ3) is 5.59. The Morgan fingerprint density at radius 2 is 1.71 bits per heavy atom. The maximum atomic E-state index is 12.6. The van der Waals surface area contributed by atoms with Gasteiger partial charge in [0.1, 0.15) is 5.75 Å². The van der Waals surface area contributed by atoms with Crippen molar-refractivity contribution in [3.05, 3.63) is 94.5 Å². The first-order valence-electron chi connectivity index (χ1n) is 9.10. The zero-order chi connectivity index (χ0) is 19.8. The van der Waals surface area contributed by atoms with Crippen LogP contribution < -0.4 is 10.1 Å². The predicted octanol–water partition coefficient (Wildman–Crippen LogP) is 5.71. The van der Waals surface area contributed by atoms with Crippen molar-refractivity contribution in [1.82, 2.24) is 0 Å². The van der Waals surface area contributed by atoms with E-state index in [1.807, 2.05) is 43.3 Å². The Labute approximate surface area is 170 Å². The summed E-state index contributed by atoms with van der Waals surface area (Å²) < 4.78 is 11.5. The van der Waals surface area contributed by atoms with Gasteiger partial charge in [-0.3, -0.25) is 4.79 Å². The molecule has 3 rings (SSSR count). The summed E-state index contributed by atoms with van der Waals surface area (Å²) in [5.41, 5.74) is 3.15. The third-order valence-electron chi connectivity index (χ3n) is 4.09. The number of benzene rings is 3. The molecule has 0 saturated carbocycles. The highest BCUT2D eigenvalue weighted by Crippen LogP contribution is 2.23. The van der Waals surface area contributed by atoms with Gasteiger partial charge in [-0.25, -0.2) is 0 Å². The van der Waals surface area contributed by atoms with E-state index in [4.69, 9.17) is 21.1 Å².